The van der Waals surface area contributed by atoms with Gasteiger partial charge in [-0.3, -0.25) is 9.69 Å². The molecule has 3 rings (SSSR count). The fourth-order valence-corrected chi connectivity index (χ4v) is 3.00. The molecule has 6 nitrogen and oxygen atoms in total. The second-order valence-electron chi connectivity index (χ2n) is 6.40. The van der Waals surface area contributed by atoms with Crippen LogP contribution in [0.2, 0.25) is 5.02 Å². The molecule has 140 valence electrons. The highest BCUT2D eigenvalue weighted by Crippen LogP contribution is 2.27. The van der Waals surface area contributed by atoms with Crippen molar-refractivity contribution in [2.24, 2.45) is 0 Å². The summed E-state index contributed by atoms with van der Waals surface area (Å²) in [5.74, 6) is -0.112. The van der Waals surface area contributed by atoms with Crippen LogP contribution in [0.5, 0.6) is 5.75 Å². The third-order valence-electron chi connectivity index (χ3n) is 4.20. The zero-order valence-electron chi connectivity index (χ0n) is 15.0. The molecular formula is C20H19ClN2O4. The maximum Gasteiger partial charge on any atom is 0.336 e. The van der Waals surface area contributed by atoms with Gasteiger partial charge in [0.25, 0.3) is 0 Å². The number of benzene rings is 2. The van der Waals surface area contributed by atoms with Gasteiger partial charge in [0.15, 0.2) is 0 Å². The molecule has 0 atom stereocenters. The lowest BCUT2D eigenvalue weighted by Crippen LogP contribution is -2.30. The molecule has 27 heavy (non-hydrogen) atoms. The Morgan fingerprint density at radius 2 is 1.93 bits per heavy atom. The standard InChI is InChI=1S/C20H19ClN2O4/c1-12-17(24)8-7-16-13(9-19(26)27-20(12)16)10-23(2)11-18(25)22-15-5-3-14(21)4-6-15/h3-9,24H,10-11H2,1-2H3,(H,22,25). The Morgan fingerprint density at radius 3 is 2.63 bits per heavy atom. The number of aryl methyl sites for hydroxylation is 1. The lowest BCUT2D eigenvalue weighted by Gasteiger charge is -2.17. The largest absolute Gasteiger partial charge is 0.508 e. The van der Waals surface area contributed by atoms with Gasteiger partial charge in [-0.05, 0) is 55.9 Å². The molecule has 3 aromatic rings. The number of hydrogen-bond donors (Lipinski definition) is 2. The first-order valence-corrected chi connectivity index (χ1v) is 8.70. The van der Waals surface area contributed by atoms with Gasteiger partial charge in [0.1, 0.15) is 11.3 Å². The molecule has 0 radical (unpaired) electrons. The first kappa shape index (κ1) is 18.9. The van der Waals surface area contributed by atoms with E-state index < -0.39 is 5.63 Å². The number of aromatic hydroxyl groups is 1. The Bertz CT molecular complexity index is 1040. The highest BCUT2D eigenvalue weighted by atomic mass is 35.5. The maximum absolute atomic E-state index is 12.2. The van der Waals surface area contributed by atoms with Crippen molar-refractivity contribution in [2.45, 2.75) is 13.5 Å². The number of amides is 1. The molecule has 1 heterocycles. The van der Waals surface area contributed by atoms with Crippen LogP contribution in [-0.4, -0.2) is 29.5 Å². The summed E-state index contributed by atoms with van der Waals surface area (Å²) in [6.07, 6.45) is 0. The van der Waals surface area contributed by atoms with Gasteiger partial charge in [0.05, 0.1) is 6.54 Å². The van der Waals surface area contributed by atoms with E-state index in [9.17, 15) is 14.7 Å². The summed E-state index contributed by atoms with van der Waals surface area (Å²) < 4.78 is 5.24. The van der Waals surface area contributed by atoms with Crippen molar-refractivity contribution in [2.75, 3.05) is 18.9 Å². The summed E-state index contributed by atoms with van der Waals surface area (Å²) in [7, 11) is 1.79. The average Bonchev–Trinajstić information content (AvgIpc) is 2.60. The molecule has 1 amide bonds. The van der Waals surface area contributed by atoms with Crippen molar-refractivity contribution in [3.8, 4) is 5.75 Å². The van der Waals surface area contributed by atoms with Gasteiger partial charge in [-0.2, -0.15) is 0 Å². The van der Waals surface area contributed by atoms with E-state index in [-0.39, 0.29) is 18.2 Å². The monoisotopic (exact) mass is 386 g/mol. The summed E-state index contributed by atoms with van der Waals surface area (Å²) >= 11 is 5.83. The second-order valence-corrected chi connectivity index (χ2v) is 6.84. The molecule has 0 aliphatic carbocycles. The number of phenolic OH excluding ortho intramolecular Hbond substituents is 1. The Kier molecular flexibility index (Phi) is 5.48. The molecule has 0 fully saturated rings. The number of phenols is 1. The van der Waals surface area contributed by atoms with Crippen molar-refractivity contribution >= 4 is 34.2 Å². The van der Waals surface area contributed by atoms with Crippen molar-refractivity contribution in [1.29, 1.82) is 0 Å². The molecule has 0 saturated carbocycles. The van der Waals surface area contributed by atoms with Crippen LogP contribution >= 0.6 is 11.6 Å². The number of nitrogens with zero attached hydrogens (tertiary/aromatic N) is 1. The van der Waals surface area contributed by atoms with Crippen LogP contribution in [0.3, 0.4) is 0 Å². The number of nitrogens with one attached hydrogen (secondary N) is 1. The predicted molar refractivity (Wildman–Crippen MR) is 105 cm³/mol. The number of hydrogen-bond acceptors (Lipinski definition) is 5. The number of likely N-dealkylation sites (N-methyl/N-ethyl adjacent to an activating group) is 1. The lowest BCUT2D eigenvalue weighted by atomic mass is 10.1. The molecule has 0 bridgehead atoms. The Hall–Kier alpha value is -2.83. The van der Waals surface area contributed by atoms with E-state index in [1.54, 1.807) is 55.3 Å². The number of fused-ring (bicyclic) bond motifs is 1. The summed E-state index contributed by atoms with van der Waals surface area (Å²) in [5.41, 5.74) is 1.76. The van der Waals surface area contributed by atoms with E-state index in [0.29, 0.717) is 28.4 Å². The lowest BCUT2D eigenvalue weighted by molar-refractivity contribution is -0.117. The Balaban J connectivity index is 1.75. The van der Waals surface area contributed by atoms with Gasteiger partial charge < -0.3 is 14.8 Å². The molecule has 1 aromatic heterocycles. The normalized spacial score (nSPS) is 11.1. The molecule has 7 heteroatoms. The molecule has 0 spiro atoms. The number of rotatable bonds is 5. The first-order chi connectivity index (χ1) is 12.8. The van der Waals surface area contributed by atoms with Crippen LogP contribution in [0, 0.1) is 6.92 Å². The quantitative estimate of drug-likeness (QED) is 0.655. The van der Waals surface area contributed by atoms with E-state index in [2.05, 4.69) is 5.32 Å². The highest BCUT2D eigenvalue weighted by Gasteiger charge is 2.14. The smallest absolute Gasteiger partial charge is 0.336 e. The van der Waals surface area contributed by atoms with Crippen molar-refractivity contribution in [1.82, 2.24) is 4.90 Å². The van der Waals surface area contributed by atoms with Crippen LogP contribution in [0.4, 0.5) is 5.69 Å². The van der Waals surface area contributed by atoms with Crippen molar-refractivity contribution in [3.05, 3.63) is 69.0 Å². The van der Waals surface area contributed by atoms with Crippen molar-refractivity contribution in [3.63, 3.8) is 0 Å². The van der Waals surface area contributed by atoms with Crippen LogP contribution in [0.25, 0.3) is 11.0 Å². The highest BCUT2D eigenvalue weighted by molar-refractivity contribution is 6.30. The topological polar surface area (TPSA) is 82.8 Å². The molecule has 0 saturated heterocycles. The van der Waals surface area contributed by atoms with Crippen LogP contribution in [0.15, 0.2) is 51.7 Å². The van der Waals surface area contributed by atoms with Gasteiger partial charge in [0.2, 0.25) is 5.91 Å². The molecule has 0 aliphatic heterocycles. The number of carbonyl (C=O) groups is 1. The molecule has 0 unspecified atom stereocenters. The van der Waals surface area contributed by atoms with Gasteiger partial charge >= 0.3 is 5.63 Å². The minimum absolute atomic E-state index is 0.0681. The predicted octanol–water partition coefficient (Wildman–Crippen LogP) is 3.53. The van der Waals surface area contributed by atoms with Gasteiger partial charge in [-0.25, -0.2) is 4.79 Å². The van der Waals surface area contributed by atoms with Gasteiger partial charge in [0, 0.05) is 34.3 Å². The minimum Gasteiger partial charge on any atom is -0.508 e. The maximum atomic E-state index is 12.2. The third-order valence-corrected chi connectivity index (χ3v) is 4.45. The fourth-order valence-electron chi connectivity index (χ4n) is 2.87. The second kappa shape index (κ2) is 7.82. The molecule has 0 aliphatic rings. The van der Waals surface area contributed by atoms with Crippen LogP contribution in [0.1, 0.15) is 11.1 Å². The summed E-state index contributed by atoms with van der Waals surface area (Å²) in [4.78, 5) is 25.9. The molecule has 2 aromatic carbocycles. The first-order valence-electron chi connectivity index (χ1n) is 8.33. The zero-order valence-corrected chi connectivity index (χ0v) is 15.7. The van der Waals surface area contributed by atoms with Gasteiger partial charge in [-0.1, -0.05) is 11.6 Å². The average molecular weight is 387 g/mol. The number of anilines is 1. The van der Waals surface area contributed by atoms with Crippen LogP contribution < -0.4 is 10.9 Å². The SMILES string of the molecule is Cc1c(O)ccc2c(CN(C)CC(=O)Nc3ccc(Cl)cc3)cc(=O)oc12. The summed E-state index contributed by atoms with van der Waals surface area (Å²) in [5, 5.41) is 14.0. The molecule has 2 N–H and O–H groups in total. The fraction of sp³-hybridized carbons (Fsp3) is 0.200. The van der Waals surface area contributed by atoms with Gasteiger partial charge in [-0.15, -0.1) is 0 Å². The summed E-state index contributed by atoms with van der Waals surface area (Å²) in [6, 6.07) is 11.5. The third kappa shape index (κ3) is 4.48. The minimum atomic E-state index is -0.495. The van der Waals surface area contributed by atoms with E-state index in [4.69, 9.17) is 16.0 Å². The van der Waals surface area contributed by atoms with E-state index in [1.165, 1.54) is 6.07 Å². The van der Waals surface area contributed by atoms with Crippen molar-refractivity contribution < 1.29 is 14.3 Å². The number of halogens is 1. The van der Waals surface area contributed by atoms with E-state index >= 15 is 0 Å². The van der Waals surface area contributed by atoms with Crippen LogP contribution in [-0.2, 0) is 11.3 Å². The van der Waals surface area contributed by atoms with E-state index in [1.807, 2.05) is 0 Å². The summed E-state index contributed by atoms with van der Waals surface area (Å²) in [6.45, 7) is 2.20. The Labute approximate surface area is 161 Å². The Morgan fingerprint density at radius 1 is 1.22 bits per heavy atom. The number of carbonyl (C=O) groups excluding carboxylic acids is 1. The van der Waals surface area contributed by atoms with E-state index in [0.717, 1.165) is 10.9 Å². The zero-order chi connectivity index (χ0) is 19.6. The molecular weight excluding hydrogens is 368 g/mol.